The Morgan fingerprint density at radius 2 is 0.983 bits per heavy atom. The number of nitrogens with zero attached hydrogens (tertiary/aromatic N) is 7. The van der Waals surface area contributed by atoms with Gasteiger partial charge in [0.05, 0.1) is 57.1 Å². The van der Waals surface area contributed by atoms with Gasteiger partial charge in [-0.15, -0.1) is 0 Å². The van der Waals surface area contributed by atoms with Crippen LogP contribution in [0.5, 0.6) is 0 Å². The number of anilines is 2. The van der Waals surface area contributed by atoms with Crippen molar-refractivity contribution in [1.82, 2.24) is 30.0 Å². The predicted molar refractivity (Wildman–Crippen MR) is 241 cm³/mol. The van der Waals surface area contributed by atoms with E-state index in [1.54, 1.807) is 0 Å². The summed E-state index contributed by atoms with van der Waals surface area (Å²) in [5.74, 6) is 0. The highest BCUT2D eigenvalue weighted by molar-refractivity contribution is 5.80. The summed E-state index contributed by atoms with van der Waals surface area (Å²) in [4.78, 5) is 22.0. The van der Waals surface area contributed by atoms with Gasteiger partial charge in [-0.2, -0.15) is 0 Å². The van der Waals surface area contributed by atoms with Crippen molar-refractivity contribution in [3.05, 3.63) is 106 Å². The van der Waals surface area contributed by atoms with Crippen molar-refractivity contribution in [2.24, 2.45) is 0 Å². The normalized spacial score (nSPS) is 21.4. The highest BCUT2D eigenvalue weighted by Gasteiger charge is 2.29. The third kappa shape index (κ3) is 9.09. The van der Waals surface area contributed by atoms with E-state index in [1.165, 1.54) is 55.9 Å². The van der Waals surface area contributed by atoms with Crippen molar-refractivity contribution < 1.29 is 14.2 Å². The first-order valence-electron chi connectivity index (χ1n) is 22.4. The molecule has 7 aliphatic rings. The smallest absolute Gasteiger partial charge is 0.0777 e. The molecule has 0 amide bonds. The van der Waals surface area contributed by atoms with E-state index in [2.05, 4.69) is 103 Å². The number of benzene rings is 2. The van der Waals surface area contributed by atoms with Crippen molar-refractivity contribution in [3.8, 4) is 22.5 Å². The van der Waals surface area contributed by atoms with E-state index in [0.717, 1.165) is 155 Å². The summed E-state index contributed by atoms with van der Waals surface area (Å²) in [5.41, 5.74) is 15.7. The zero-order valence-electron chi connectivity index (χ0n) is 35.1. The molecule has 1 N–H and O–H groups in total. The molecular weight excluding hydrogens is 749 g/mol. The topological polar surface area (TPSA) is 81.7 Å². The molecule has 2 aliphatic carbocycles. The van der Waals surface area contributed by atoms with E-state index < -0.39 is 0 Å². The molecule has 5 fully saturated rings. The van der Waals surface area contributed by atoms with Gasteiger partial charge in [0.25, 0.3) is 0 Å². The maximum atomic E-state index is 5.50. The zero-order chi connectivity index (χ0) is 40.1. The summed E-state index contributed by atoms with van der Waals surface area (Å²) in [5, 5.41) is 3.41. The van der Waals surface area contributed by atoms with E-state index in [9.17, 15) is 0 Å². The maximum absolute atomic E-state index is 5.50. The minimum absolute atomic E-state index is 0.645. The molecule has 5 saturated heterocycles. The van der Waals surface area contributed by atoms with Gasteiger partial charge in [0.2, 0.25) is 0 Å². The fraction of sp³-hybridized carbons (Fsp3) is 0.469. The van der Waals surface area contributed by atoms with Crippen LogP contribution in [0.1, 0.15) is 22.3 Å². The molecule has 7 heterocycles. The Hall–Kier alpha value is -4.46. The van der Waals surface area contributed by atoms with E-state index in [4.69, 9.17) is 24.2 Å². The Kier molecular flexibility index (Phi) is 12.3. The number of hydrogen-bond acceptors (Lipinski definition) is 11. The number of nitrogens with one attached hydrogen (secondary N) is 1. The number of fused-ring (bicyclic) bond motifs is 2. The zero-order valence-corrected chi connectivity index (χ0v) is 35.1. The van der Waals surface area contributed by atoms with Gasteiger partial charge in [-0.05, 0) is 60.4 Å². The highest BCUT2D eigenvalue weighted by atomic mass is 16.5. The maximum Gasteiger partial charge on any atom is 0.0777 e. The van der Waals surface area contributed by atoms with Crippen LogP contribution in [0.4, 0.5) is 11.4 Å². The molecule has 2 aromatic carbocycles. The van der Waals surface area contributed by atoms with E-state index in [1.807, 2.05) is 12.4 Å². The Labute approximate surface area is 355 Å². The molecule has 11 nitrogen and oxygen atoms in total. The summed E-state index contributed by atoms with van der Waals surface area (Å²) < 4.78 is 16.3. The molecule has 60 heavy (non-hydrogen) atoms. The molecule has 0 saturated carbocycles. The molecule has 11 rings (SSSR count). The quantitative estimate of drug-likeness (QED) is 0.249. The molecule has 5 aliphatic heterocycles. The van der Waals surface area contributed by atoms with E-state index >= 15 is 0 Å². The average Bonchev–Trinajstić information content (AvgIpc) is 3.91. The van der Waals surface area contributed by atoms with Gasteiger partial charge in [0.15, 0.2) is 0 Å². The van der Waals surface area contributed by atoms with Crippen molar-refractivity contribution in [1.29, 1.82) is 0 Å². The fourth-order valence-electron chi connectivity index (χ4n) is 9.78. The number of morpholine rings is 2. The molecule has 11 heteroatoms. The van der Waals surface area contributed by atoms with Crippen LogP contribution < -0.4 is 15.1 Å². The molecule has 0 unspecified atom stereocenters. The van der Waals surface area contributed by atoms with Crippen LogP contribution in [0.15, 0.2) is 84.2 Å². The molecule has 314 valence electrons. The van der Waals surface area contributed by atoms with Gasteiger partial charge >= 0.3 is 0 Å². The summed E-state index contributed by atoms with van der Waals surface area (Å²) >= 11 is 0. The lowest BCUT2D eigenvalue weighted by Crippen LogP contribution is -2.56. The van der Waals surface area contributed by atoms with Gasteiger partial charge in [0.1, 0.15) is 0 Å². The molecule has 0 bridgehead atoms. The molecule has 0 spiro atoms. The number of piperazine rings is 2. The number of ether oxygens (including phenoxy) is 3. The molecule has 0 atom stereocenters. The lowest BCUT2D eigenvalue weighted by atomic mass is 10.0. The Morgan fingerprint density at radius 1 is 0.517 bits per heavy atom. The van der Waals surface area contributed by atoms with Gasteiger partial charge in [-0.3, -0.25) is 24.7 Å². The van der Waals surface area contributed by atoms with Gasteiger partial charge in [0, 0.05) is 138 Å². The summed E-state index contributed by atoms with van der Waals surface area (Å²) in [6.07, 6.45) is 10.8. The Balaban J connectivity index is 0.000000146. The largest absolute Gasteiger partial charge is 0.379 e. The molecular formula is C49H60N8O3. The van der Waals surface area contributed by atoms with Crippen molar-refractivity contribution in [2.45, 2.75) is 18.9 Å². The minimum atomic E-state index is 0.645. The standard InChI is InChI=1S/C26H32N4O2.C23H28N4O/c1-3-23(29-7-9-30(10-8-29)24-18-32-19-24)4-2-21(1)26-25-16-20(15-22(25)5-6-27-26)17-28-11-13-31-14-12-28;1-3-21(27-9-7-24-8-10-27)4-2-19(1)23-22-16-18(15-20(22)5-6-25-23)17-26-11-13-28-14-12-26/h1-6,16,24H,7-15,17-19H2;1-6,16,24H,7-15,17H2. The Morgan fingerprint density at radius 3 is 1.43 bits per heavy atom. The van der Waals surface area contributed by atoms with Crippen LogP contribution in [0, 0.1) is 0 Å². The lowest BCUT2D eigenvalue weighted by molar-refractivity contribution is -0.0660. The number of aromatic nitrogens is 2. The number of rotatable bonds is 9. The second-order valence-corrected chi connectivity index (χ2v) is 17.2. The fourth-order valence-corrected chi connectivity index (χ4v) is 9.78. The average molecular weight is 809 g/mol. The number of pyridine rings is 2. The molecule has 4 aromatic rings. The van der Waals surface area contributed by atoms with Gasteiger partial charge in [-0.25, -0.2) is 0 Å². The van der Waals surface area contributed by atoms with E-state index in [0.29, 0.717) is 6.04 Å². The van der Waals surface area contributed by atoms with Gasteiger partial charge in [-0.1, -0.05) is 47.6 Å². The molecule has 0 radical (unpaired) electrons. The predicted octanol–water partition coefficient (Wildman–Crippen LogP) is 4.97. The third-order valence-electron chi connectivity index (χ3n) is 13.3. The second kappa shape index (κ2) is 18.7. The minimum Gasteiger partial charge on any atom is -0.379 e. The van der Waals surface area contributed by atoms with Crippen molar-refractivity contribution in [2.75, 3.05) is 141 Å². The van der Waals surface area contributed by atoms with Crippen molar-refractivity contribution in [3.63, 3.8) is 0 Å². The van der Waals surface area contributed by atoms with Crippen molar-refractivity contribution >= 4 is 23.5 Å². The van der Waals surface area contributed by atoms with Crippen LogP contribution in [0.2, 0.25) is 0 Å². The first-order valence-corrected chi connectivity index (χ1v) is 22.4. The summed E-state index contributed by atoms with van der Waals surface area (Å²) in [6.45, 7) is 20.1. The van der Waals surface area contributed by atoms with Crippen LogP contribution in [0.25, 0.3) is 34.7 Å². The van der Waals surface area contributed by atoms with Crippen LogP contribution >= 0.6 is 0 Å². The first-order chi connectivity index (χ1) is 29.7. The van der Waals surface area contributed by atoms with Crippen LogP contribution in [-0.2, 0) is 27.1 Å². The van der Waals surface area contributed by atoms with Gasteiger partial charge < -0.3 is 29.3 Å². The SMILES string of the molecule is C1=C(CN2CCOCC2)Cc2ccnc(-c3ccc(N4CCN(C5COC5)CC4)cc3)c21.C1=C(CN2CCOCC2)Cc2ccnc(-c3ccc(N4CCNCC4)cc3)c21. The first kappa shape index (κ1) is 39.7. The monoisotopic (exact) mass is 808 g/mol. The van der Waals surface area contributed by atoms with Crippen LogP contribution in [0.3, 0.4) is 0 Å². The van der Waals surface area contributed by atoms with E-state index in [-0.39, 0.29) is 0 Å². The summed E-state index contributed by atoms with van der Waals surface area (Å²) in [7, 11) is 0. The lowest BCUT2D eigenvalue weighted by Gasteiger charge is -2.43. The summed E-state index contributed by atoms with van der Waals surface area (Å²) in [6, 6.07) is 23.0. The van der Waals surface area contributed by atoms with Crippen LogP contribution in [-0.4, -0.2) is 162 Å². The highest BCUT2D eigenvalue weighted by Crippen LogP contribution is 2.35. The second-order valence-electron chi connectivity index (χ2n) is 17.2. The molecule has 2 aromatic heterocycles. The third-order valence-corrected chi connectivity index (χ3v) is 13.3. The number of hydrogen-bond donors (Lipinski definition) is 1. The Bertz CT molecular complexity index is 2130.